The minimum absolute atomic E-state index is 0.0149. The third kappa shape index (κ3) is 2.94. The van der Waals surface area contributed by atoms with Gasteiger partial charge in [0.2, 0.25) is 0 Å². The standard InChI is InChI=1S/C28H41NO2/c1-16-11-25-26(29-15-16)18(3)28(31-25)10-8-21-22-6-5-19-12-20(30)7-9-27(19,4)24(22)13-23(21)17(2)14-28/h5,16,18,20-22,24-25,30H,6-15H2,1-4H3/t16-,18+,20-,21-,22?,24-,25+,27-,28-/m0/s1. The molecule has 3 heteroatoms. The van der Waals surface area contributed by atoms with Crippen molar-refractivity contribution in [2.75, 3.05) is 6.54 Å². The molecule has 0 bridgehead atoms. The Balaban J connectivity index is 1.30. The van der Waals surface area contributed by atoms with Crippen molar-refractivity contribution >= 4 is 5.71 Å². The number of nitrogens with zero attached hydrogens (tertiary/aromatic N) is 1. The van der Waals surface area contributed by atoms with E-state index in [1.807, 2.05) is 0 Å². The van der Waals surface area contributed by atoms with E-state index >= 15 is 0 Å². The van der Waals surface area contributed by atoms with Crippen LogP contribution in [0.5, 0.6) is 0 Å². The lowest BCUT2D eigenvalue weighted by Crippen LogP contribution is -2.41. The number of hydrogen-bond donors (Lipinski definition) is 1. The van der Waals surface area contributed by atoms with E-state index in [-0.39, 0.29) is 17.8 Å². The maximum Gasteiger partial charge on any atom is 0.0966 e. The molecule has 1 N–H and O–H groups in total. The van der Waals surface area contributed by atoms with Crippen molar-refractivity contribution in [2.45, 2.75) is 103 Å². The second-order valence-electron chi connectivity index (χ2n) is 12.4. The fraction of sp³-hybridized carbons (Fsp3) is 0.821. The molecule has 0 aromatic rings. The molecule has 4 aliphatic carbocycles. The van der Waals surface area contributed by atoms with Crippen molar-refractivity contribution in [3.8, 4) is 0 Å². The second kappa shape index (κ2) is 7.03. The first-order valence-electron chi connectivity index (χ1n) is 13.1. The van der Waals surface area contributed by atoms with E-state index in [1.165, 1.54) is 37.8 Å². The first kappa shape index (κ1) is 20.7. The Morgan fingerprint density at radius 3 is 2.84 bits per heavy atom. The Morgan fingerprint density at radius 2 is 2.00 bits per heavy atom. The average Bonchev–Trinajstić information content (AvgIpc) is 3.19. The zero-order chi connectivity index (χ0) is 21.5. The van der Waals surface area contributed by atoms with Gasteiger partial charge in [-0.1, -0.05) is 43.6 Å². The second-order valence-corrected chi connectivity index (χ2v) is 12.4. The fourth-order valence-electron chi connectivity index (χ4n) is 8.84. The Kier molecular flexibility index (Phi) is 4.69. The van der Waals surface area contributed by atoms with Crippen LogP contribution < -0.4 is 0 Å². The maximum absolute atomic E-state index is 10.3. The molecule has 2 aliphatic heterocycles. The molecule has 1 saturated heterocycles. The summed E-state index contributed by atoms with van der Waals surface area (Å²) in [5.74, 6) is 3.43. The summed E-state index contributed by atoms with van der Waals surface area (Å²) in [5, 5.41) is 10.3. The smallest absolute Gasteiger partial charge is 0.0966 e. The maximum atomic E-state index is 10.3. The molecule has 1 unspecified atom stereocenters. The molecule has 6 rings (SSSR count). The number of aliphatic imine (C=N–C) groups is 1. The molecule has 6 aliphatic rings. The fourth-order valence-corrected chi connectivity index (χ4v) is 8.84. The largest absolute Gasteiger partial charge is 0.393 e. The summed E-state index contributed by atoms with van der Waals surface area (Å²) < 4.78 is 6.94. The summed E-state index contributed by atoms with van der Waals surface area (Å²) in [7, 11) is 0. The molecule has 2 saturated carbocycles. The third-order valence-corrected chi connectivity index (χ3v) is 10.7. The van der Waals surface area contributed by atoms with Gasteiger partial charge >= 0.3 is 0 Å². The first-order valence-corrected chi connectivity index (χ1v) is 13.1. The van der Waals surface area contributed by atoms with Gasteiger partial charge in [-0.3, -0.25) is 4.99 Å². The molecular formula is C28H41NO2. The minimum atomic E-state index is -0.112. The Morgan fingerprint density at radius 1 is 1.16 bits per heavy atom. The number of aliphatic hydroxyl groups is 1. The quantitative estimate of drug-likeness (QED) is 0.495. The van der Waals surface area contributed by atoms with Crippen molar-refractivity contribution in [1.82, 2.24) is 0 Å². The van der Waals surface area contributed by atoms with E-state index < -0.39 is 0 Å². The van der Waals surface area contributed by atoms with Crippen LogP contribution in [0.4, 0.5) is 0 Å². The van der Waals surface area contributed by atoms with Crippen molar-refractivity contribution in [3.63, 3.8) is 0 Å². The summed E-state index contributed by atoms with van der Waals surface area (Å²) in [6, 6.07) is 0. The van der Waals surface area contributed by atoms with Gasteiger partial charge in [-0.05, 0) is 93.8 Å². The van der Waals surface area contributed by atoms with Crippen molar-refractivity contribution in [1.29, 1.82) is 0 Å². The highest BCUT2D eigenvalue weighted by Gasteiger charge is 2.57. The van der Waals surface area contributed by atoms with E-state index in [0.717, 1.165) is 50.0 Å². The highest BCUT2D eigenvalue weighted by atomic mass is 16.5. The van der Waals surface area contributed by atoms with Crippen molar-refractivity contribution < 1.29 is 9.84 Å². The zero-order valence-electron chi connectivity index (χ0n) is 20.0. The van der Waals surface area contributed by atoms with Crippen LogP contribution in [0, 0.1) is 35.0 Å². The first-order chi connectivity index (χ1) is 14.8. The predicted molar refractivity (Wildman–Crippen MR) is 125 cm³/mol. The summed E-state index contributed by atoms with van der Waals surface area (Å²) >= 11 is 0. The van der Waals surface area contributed by atoms with E-state index in [2.05, 4.69) is 33.8 Å². The van der Waals surface area contributed by atoms with Crippen LogP contribution in [0.2, 0.25) is 0 Å². The van der Waals surface area contributed by atoms with E-state index in [4.69, 9.17) is 9.73 Å². The normalized spacial score (nSPS) is 51.5. The molecule has 9 atom stereocenters. The molecule has 0 radical (unpaired) electrons. The lowest BCUT2D eigenvalue weighted by atomic mass is 9.56. The number of fused-ring (bicyclic) bond motifs is 6. The molecule has 0 aromatic heterocycles. The summed E-state index contributed by atoms with van der Waals surface area (Å²) in [4.78, 5) is 5.00. The summed E-state index contributed by atoms with van der Waals surface area (Å²) in [6.45, 7) is 10.7. The van der Waals surface area contributed by atoms with Crippen LogP contribution in [-0.4, -0.2) is 35.2 Å². The van der Waals surface area contributed by atoms with Crippen LogP contribution in [0.1, 0.15) is 85.5 Å². The monoisotopic (exact) mass is 423 g/mol. The molecule has 3 fully saturated rings. The topological polar surface area (TPSA) is 41.8 Å². The molecule has 31 heavy (non-hydrogen) atoms. The van der Waals surface area contributed by atoms with Gasteiger partial charge < -0.3 is 9.84 Å². The van der Waals surface area contributed by atoms with E-state index in [1.54, 1.807) is 16.7 Å². The van der Waals surface area contributed by atoms with E-state index in [0.29, 0.717) is 17.3 Å². The highest BCUT2D eigenvalue weighted by Crippen LogP contribution is 2.63. The average molecular weight is 424 g/mol. The SMILES string of the molecule is CC1=C2C[C@H]3C(CC=C4C[C@@H](O)CC[C@@]43C)[C@@H]2CC[C@@]2(C1)O[C@@H]1C[C@H](C)CN=C1[C@H]2C. The number of ether oxygens (including phenoxy) is 1. The number of aliphatic hydroxyl groups excluding tert-OH is 1. The van der Waals surface area contributed by atoms with Gasteiger partial charge in [-0.2, -0.15) is 0 Å². The van der Waals surface area contributed by atoms with Gasteiger partial charge in [-0.15, -0.1) is 0 Å². The number of hydrogen-bond acceptors (Lipinski definition) is 3. The van der Waals surface area contributed by atoms with E-state index in [9.17, 15) is 5.11 Å². The molecule has 0 aromatic carbocycles. The lowest BCUT2D eigenvalue weighted by molar-refractivity contribution is -0.0673. The highest BCUT2D eigenvalue weighted by molar-refractivity contribution is 5.94. The Hall–Kier alpha value is -0.930. The van der Waals surface area contributed by atoms with Crippen LogP contribution in [0.15, 0.2) is 27.8 Å². The molecular weight excluding hydrogens is 382 g/mol. The molecule has 3 nitrogen and oxygen atoms in total. The van der Waals surface area contributed by atoms with Crippen molar-refractivity contribution in [2.24, 2.45) is 40.0 Å². The molecule has 1 spiro atoms. The zero-order valence-corrected chi connectivity index (χ0v) is 20.0. The number of rotatable bonds is 0. The van der Waals surface area contributed by atoms with Gasteiger partial charge in [0.15, 0.2) is 0 Å². The Bertz CT molecular complexity index is 870. The summed E-state index contributed by atoms with van der Waals surface area (Å²) in [5.41, 5.74) is 6.67. The van der Waals surface area contributed by atoms with Crippen LogP contribution in [-0.2, 0) is 4.74 Å². The molecule has 2 heterocycles. The Labute approximate surface area is 188 Å². The van der Waals surface area contributed by atoms with Gasteiger partial charge in [0.05, 0.1) is 17.8 Å². The molecule has 170 valence electrons. The van der Waals surface area contributed by atoms with Crippen LogP contribution in [0.3, 0.4) is 0 Å². The minimum Gasteiger partial charge on any atom is -0.393 e. The van der Waals surface area contributed by atoms with Crippen LogP contribution >= 0.6 is 0 Å². The van der Waals surface area contributed by atoms with Gasteiger partial charge in [0.25, 0.3) is 0 Å². The number of allylic oxidation sites excluding steroid dienone is 2. The summed E-state index contributed by atoms with van der Waals surface area (Å²) in [6.07, 6.45) is 13.0. The molecule has 0 amide bonds. The van der Waals surface area contributed by atoms with Gasteiger partial charge in [-0.25, -0.2) is 0 Å². The third-order valence-electron chi connectivity index (χ3n) is 10.7. The van der Waals surface area contributed by atoms with Gasteiger partial charge in [0.1, 0.15) is 0 Å². The van der Waals surface area contributed by atoms with Crippen LogP contribution in [0.25, 0.3) is 0 Å². The predicted octanol–water partition coefficient (Wildman–Crippen LogP) is 5.87. The lowest BCUT2D eigenvalue weighted by Gasteiger charge is -2.49. The van der Waals surface area contributed by atoms with Gasteiger partial charge in [0, 0.05) is 18.2 Å². The van der Waals surface area contributed by atoms with Crippen molar-refractivity contribution in [3.05, 3.63) is 22.8 Å².